The zero-order valence-electron chi connectivity index (χ0n) is 16.0. The maximum atomic E-state index is 12.4. The number of benzene rings is 2. The molecular weight excluding hydrogens is 368 g/mol. The van der Waals surface area contributed by atoms with Crippen LogP contribution in [0.3, 0.4) is 0 Å². The van der Waals surface area contributed by atoms with Crippen LogP contribution >= 0.6 is 0 Å². The first-order chi connectivity index (χ1) is 13.9. The normalized spacial score (nSPS) is 10.8. The first kappa shape index (κ1) is 18.4. The van der Waals surface area contributed by atoms with Crippen molar-refractivity contribution in [1.82, 2.24) is 9.55 Å². The van der Waals surface area contributed by atoms with Crippen LogP contribution in [0.4, 0.5) is 11.4 Å². The molecule has 4 rings (SSSR count). The molecule has 0 bridgehead atoms. The van der Waals surface area contributed by atoms with Gasteiger partial charge < -0.3 is 25.3 Å². The Bertz CT molecular complexity index is 1270. The van der Waals surface area contributed by atoms with Gasteiger partial charge in [0.1, 0.15) is 17.0 Å². The Kier molecular flexibility index (Phi) is 4.56. The fraction of sp³-hybridized carbons (Fsp3) is 0.0909. The summed E-state index contributed by atoms with van der Waals surface area (Å²) in [6, 6.07) is 14.3. The van der Waals surface area contributed by atoms with E-state index in [1.54, 1.807) is 55.8 Å². The van der Waals surface area contributed by atoms with E-state index in [0.29, 0.717) is 28.4 Å². The number of carbonyl (C=O) groups excluding carboxylic acids is 1. The van der Waals surface area contributed by atoms with Crippen LogP contribution in [0.2, 0.25) is 0 Å². The highest BCUT2D eigenvalue weighted by Gasteiger charge is 2.15. The molecule has 0 saturated carbocycles. The van der Waals surface area contributed by atoms with Gasteiger partial charge in [-0.15, -0.1) is 0 Å². The van der Waals surface area contributed by atoms with Gasteiger partial charge in [0.2, 0.25) is 5.91 Å². The lowest BCUT2D eigenvalue weighted by Crippen LogP contribution is -2.16. The molecule has 0 unspecified atom stereocenters. The second-order valence-electron chi connectivity index (χ2n) is 6.79. The third kappa shape index (κ3) is 3.58. The van der Waals surface area contributed by atoms with E-state index in [1.807, 2.05) is 12.1 Å². The maximum Gasteiger partial charge on any atom is 0.274 e. The van der Waals surface area contributed by atoms with Gasteiger partial charge >= 0.3 is 0 Å². The number of nitrogens with one attached hydrogen (secondary N) is 2. The van der Waals surface area contributed by atoms with Crippen LogP contribution in [0.15, 0.2) is 65.7 Å². The molecule has 4 aromatic rings. The number of rotatable bonds is 4. The number of ether oxygens (including phenoxy) is 1. The number of aromatic nitrogens is 2. The molecule has 1 amide bonds. The molecule has 0 radical (unpaired) electrons. The van der Waals surface area contributed by atoms with Gasteiger partial charge in [0.15, 0.2) is 0 Å². The van der Waals surface area contributed by atoms with Gasteiger partial charge in [0.25, 0.3) is 5.56 Å². The van der Waals surface area contributed by atoms with Crippen molar-refractivity contribution in [2.24, 2.45) is 7.05 Å². The smallest absolute Gasteiger partial charge is 0.274 e. The van der Waals surface area contributed by atoms with E-state index >= 15 is 0 Å². The van der Waals surface area contributed by atoms with Gasteiger partial charge in [-0.1, -0.05) is 0 Å². The topological polar surface area (TPSA) is 102 Å². The van der Waals surface area contributed by atoms with Crippen molar-refractivity contribution in [2.75, 3.05) is 11.1 Å². The van der Waals surface area contributed by atoms with Crippen LogP contribution in [0.5, 0.6) is 11.5 Å². The van der Waals surface area contributed by atoms with E-state index in [-0.39, 0.29) is 11.5 Å². The molecular formula is C22H20N4O3. The van der Waals surface area contributed by atoms with E-state index in [2.05, 4.69) is 10.3 Å². The summed E-state index contributed by atoms with van der Waals surface area (Å²) in [6.45, 7) is 1.46. The lowest BCUT2D eigenvalue weighted by molar-refractivity contribution is -0.114. The quantitative estimate of drug-likeness (QED) is 0.462. The largest absolute Gasteiger partial charge is 0.457 e. The summed E-state index contributed by atoms with van der Waals surface area (Å²) >= 11 is 0. The molecule has 2 aromatic carbocycles. The highest BCUT2D eigenvalue weighted by Crippen LogP contribution is 2.37. The summed E-state index contributed by atoms with van der Waals surface area (Å²) < 4.78 is 7.64. The molecule has 0 aliphatic rings. The Labute approximate surface area is 166 Å². The number of pyridine rings is 1. The molecule has 0 fully saturated rings. The van der Waals surface area contributed by atoms with Crippen molar-refractivity contribution in [3.63, 3.8) is 0 Å². The lowest BCUT2D eigenvalue weighted by Gasteiger charge is -2.14. The summed E-state index contributed by atoms with van der Waals surface area (Å²) in [5, 5.41) is 3.52. The van der Waals surface area contributed by atoms with Gasteiger partial charge in [-0.3, -0.25) is 9.59 Å². The zero-order valence-corrected chi connectivity index (χ0v) is 16.0. The zero-order chi connectivity index (χ0) is 20.5. The van der Waals surface area contributed by atoms with Gasteiger partial charge in [0.05, 0.1) is 0 Å². The Morgan fingerprint density at radius 3 is 2.59 bits per heavy atom. The van der Waals surface area contributed by atoms with E-state index in [0.717, 1.165) is 16.5 Å². The van der Waals surface area contributed by atoms with Crippen molar-refractivity contribution >= 4 is 28.2 Å². The molecule has 0 saturated heterocycles. The SMILES string of the molecule is CC(=O)Nc1ccc(Oc2ccc(N)cc2-c2cn(C)c(=O)c3[nH]ccc23)cc1. The maximum absolute atomic E-state index is 12.4. The average Bonchev–Trinajstić information content (AvgIpc) is 3.17. The lowest BCUT2D eigenvalue weighted by atomic mass is 10.0. The summed E-state index contributed by atoms with van der Waals surface area (Å²) in [4.78, 5) is 26.6. The summed E-state index contributed by atoms with van der Waals surface area (Å²) in [7, 11) is 1.71. The predicted molar refractivity (Wildman–Crippen MR) is 114 cm³/mol. The van der Waals surface area contributed by atoms with Gasteiger partial charge in [-0.25, -0.2) is 0 Å². The summed E-state index contributed by atoms with van der Waals surface area (Å²) in [6.07, 6.45) is 3.52. The molecule has 146 valence electrons. The van der Waals surface area contributed by atoms with Crippen LogP contribution in [0.25, 0.3) is 22.0 Å². The number of aryl methyl sites for hydroxylation is 1. The van der Waals surface area contributed by atoms with Crippen LogP contribution in [-0.4, -0.2) is 15.5 Å². The minimum absolute atomic E-state index is 0.103. The van der Waals surface area contributed by atoms with Crippen molar-refractivity contribution in [1.29, 1.82) is 0 Å². The minimum Gasteiger partial charge on any atom is -0.457 e. The molecule has 0 spiro atoms. The monoisotopic (exact) mass is 388 g/mol. The predicted octanol–water partition coefficient (Wildman–Crippen LogP) is 3.87. The number of nitrogen functional groups attached to an aromatic ring is 1. The van der Waals surface area contributed by atoms with Crippen molar-refractivity contribution in [2.45, 2.75) is 6.92 Å². The third-order valence-corrected chi connectivity index (χ3v) is 4.59. The highest BCUT2D eigenvalue weighted by molar-refractivity contribution is 5.96. The number of nitrogens with two attached hydrogens (primary N) is 1. The number of hydrogen-bond acceptors (Lipinski definition) is 4. The Morgan fingerprint density at radius 1 is 1.10 bits per heavy atom. The molecule has 2 heterocycles. The molecule has 0 atom stereocenters. The first-order valence-corrected chi connectivity index (χ1v) is 9.04. The number of fused-ring (bicyclic) bond motifs is 1. The van der Waals surface area contributed by atoms with E-state index in [1.165, 1.54) is 11.5 Å². The van der Waals surface area contributed by atoms with Crippen LogP contribution < -0.4 is 21.3 Å². The standard InChI is InChI=1S/C22H20N4O3/c1-13(27)25-15-4-6-16(7-5-15)29-20-8-3-14(23)11-18(20)19-12-26(2)22(28)21-17(19)9-10-24-21/h3-12,24H,23H2,1-2H3,(H,25,27). The van der Waals surface area contributed by atoms with E-state index in [9.17, 15) is 9.59 Å². The van der Waals surface area contributed by atoms with Crippen molar-refractivity contribution in [3.05, 3.63) is 71.3 Å². The minimum atomic E-state index is -0.135. The second kappa shape index (κ2) is 7.20. The van der Waals surface area contributed by atoms with Crippen molar-refractivity contribution < 1.29 is 9.53 Å². The first-order valence-electron chi connectivity index (χ1n) is 9.04. The van der Waals surface area contributed by atoms with Crippen molar-refractivity contribution in [3.8, 4) is 22.6 Å². The van der Waals surface area contributed by atoms with Crippen LogP contribution in [0, 0.1) is 0 Å². The molecule has 2 aromatic heterocycles. The molecule has 7 heteroatoms. The molecule has 7 nitrogen and oxygen atoms in total. The third-order valence-electron chi connectivity index (χ3n) is 4.59. The van der Waals surface area contributed by atoms with Crippen LogP contribution in [0.1, 0.15) is 6.92 Å². The number of nitrogens with zero attached hydrogens (tertiary/aromatic N) is 1. The Hall–Kier alpha value is -4.00. The molecule has 4 N–H and O–H groups in total. The number of carbonyl (C=O) groups is 1. The molecule has 0 aliphatic carbocycles. The number of anilines is 2. The second-order valence-corrected chi connectivity index (χ2v) is 6.79. The fourth-order valence-electron chi connectivity index (χ4n) is 3.27. The number of amides is 1. The summed E-state index contributed by atoms with van der Waals surface area (Å²) in [5.41, 5.74) is 9.35. The van der Waals surface area contributed by atoms with E-state index < -0.39 is 0 Å². The Morgan fingerprint density at radius 2 is 1.86 bits per heavy atom. The van der Waals surface area contributed by atoms with Gasteiger partial charge in [-0.2, -0.15) is 0 Å². The van der Waals surface area contributed by atoms with Gasteiger partial charge in [0, 0.05) is 54.3 Å². The average molecular weight is 388 g/mol. The van der Waals surface area contributed by atoms with E-state index in [4.69, 9.17) is 10.5 Å². The Balaban J connectivity index is 1.78. The highest BCUT2D eigenvalue weighted by atomic mass is 16.5. The number of hydrogen-bond donors (Lipinski definition) is 3. The molecule has 0 aliphatic heterocycles. The summed E-state index contributed by atoms with van der Waals surface area (Å²) in [5.74, 6) is 1.08. The number of aromatic amines is 1. The van der Waals surface area contributed by atoms with Gasteiger partial charge in [-0.05, 0) is 48.5 Å². The molecule has 29 heavy (non-hydrogen) atoms. The van der Waals surface area contributed by atoms with Crippen LogP contribution in [-0.2, 0) is 11.8 Å². The number of H-pyrrole nitrogens is 1. The fourth-order valence-corrected chi connectivity index (χ4v) is 3.27.